The first-order chi connectivity index (χ1) is 14.1. The van der Waals surface area contributed by atoms with Gasteiger partial charge in [0, 0.05) is 29.0 Å². The molecule has 0 aliphatic carbocycles. The Bertz CT molecular complexity index is 1200. The quantitative estimate of drug-likeness (QED) is 0.483. The molecule has 6 nitrogen and oxygen atoms in total. The van der Waals surface area contributed by atoms with Crippen molar-refractivity contribution >= 4 is 39.8 Å². The summed E-state index contributed by atoms with van der Waals surface area (Å²) in [6.07, 6.45) is 3.20. The summed E-state index contributed by atoms with van der Waals surface area (Å²) in [6.45, 7) is 1.52. The Morgan fingerprint density at radius 3 is 2.48 bits per heavy atom. The number of hydrogen-bond donors (Lipinski definition) is 2. The summed E-state index contributed by atoms with van der Waals surface area (Å²) >= 11 is 0. The zero-order chi connectivity index (χ0) is 20.2. The van der Waals surface area contributed by atoms with Crippen molar-refractivity contribution in [2.45, 2.75) is 6.92 Å². The molecule has 0 fully saturated rings. The molecule has 0 aliphatic heterocycles. The summed E-state index contributed by atoms with van der Waals surface area (Å²) in [6, 6.07) is 20.0. The number of Topliss-reactive ketones (excluding diaryl/α,β-unsaturated/α-hetero) is 1. The van der Waals surface area contributed by atoms with Crippen molar-refractivity contribution in [3.63, 3.8) is 0 Å². The summed E-state index contributed by atoms with van der Waals surface area (Å²) in [5.74, 6) is 0.311. The summed E-state index contributed by atoms with van der Waals surface area (Å²) in [4.78, 5) is 32.8. The molecule has 2 heterocycles. The number of nitrogens with zero attached hydrogens (tertiary/aromatic N) is 2. The predicted octanol–water partition coefficient (Wildman–Crippen LogP) is 4.83. The minimum absolute atomic E-state index is 0.00319. The Hall–Kier alpha value is -4.06. The zero-order valence-electron chi connectivity index (χ0n) is 15.7. The third-order valence-electron chi connectivity index (χ3n) is 4.45. The lowest BCUT2D eigenvalue weighted by Gasteiger charge is -2.09. The van der Waals surface area contributed by atoms with Gasteiger partial charge in [0.2, 0.25) is 0 Å². The van der Waals surface area contributed by atoms with Crippen LogP contribution in [0.25, 0.3) is 10.9 Å². The molecule has 4 aromatic rings. The van der Waals surface area contributed by atoms with Gasteiger partial charge in [-0.15, -0.1) is 0 Å². The molecule has 142 valence electrons. The third-order valence-corrected chi connectivity index (χ3v) is 4.45. The van der Waals surface area contributed by atoms with E-state index in [1.54, 1.807) is 36.5 Å². The van der Waals surface area contributed by atoms with Gasteiger partial charge in [-0.2, -0.15) is 0 Å². The Morgan fingerprint density at radius 2 is 1.69 bits per heavy atom. The number of carbonyl (C=O) groups is 2. The maximum Gasteiger partial charge on any atom is 0.257 e. The maximum atomic E-state index is 12.6. The molecule has 29 heavy (non-hydrogen) atoms. The summed E-state index contributed by atoms with van der Waals surface area (Å²) in [5.41, 5.74) is 3.19. The van der Waals surface area contributed by atoms with E-state index in [1.165, 1.54) is 13.1 Å². The largest absolute Gasteiger partial charge is 0.340 e. The van der Waals surface area contributed by atoms with E-state index >= 15 is 0 Å². The van der Waals surface area contributed by atoms with Gasteiger partial charge in [-0.05, 0) is 43.3 Å². The van der Waals surface area contributed by atoms with E-state index in [1.807, 2.05) is 36.4 Å². The minimum Gasteiger partial charge on any atom is -0.340 e. The molecule has 0 spiro atoms. The number of pyridine rings is 2. The molecular formula is C23H18N4O2. The number of carbonyl (C=O) groups excluding carboxylic acids is 2. The molecule has 0 aliphatic rings. The molecule has 2 N–H and O–H groups in total. The molecular weight excluding hydrogens is 364 g/mol. The van der Waals surface area contributed by atoms with E-state index in [-0.39, 0.29) is 11.7 Å². The van der Waals surface area contributed by atoms with Crippen LogP contribution >= 0.6 is 0 Å². The van der Waals surface area contributed by atoms with Crippen molar-refractivity contribution in [2.75, 3.05) is 10.6 Å². The van der Waals surface area contributed by atoms with Crippen molar-refractivity contribution < 1.29 is 9.59 Å². The Balaban J connectivity index is 1.49. The highest BCUT2D eigenvalue weighted by molar-refractivity contribution is 6.08. The normalized spacial score (nSPS) is 10.5. The van der Waals surface area contributed by atoms with Crippen LogP contribution < -0.4 is 10.6 Å². The van der Waals surface area contributed by atoms with E-state index in [2.05, 4.69) is 20.6 Å². The van der Waals surface area contributed by atoms with Crippen molar-refractivity contribution in [2.24, 2.45) is 0 Å². The van der Waals surface area contributed by atoms with Crippen LogP contribution in [-0.4, -0.2) is 21.7 Å². The molecule has 2 aromatic carbocycles. The third kappa shape index (κ3) is 4.11. The van der Waals surface area contributed by atoms with Crippen molar-refractivity contribution in [3.8, 4) is 0 Å². The maximum absolute atomic E-state index is 12.6. The molecule has 0 saturated carbocycles. The molecule has 4 rings (SSSR count). The number of hydrogen-bond acceptors (Lipinski definition) is 5. The Labute approximate surface area is 167 Å². The molecule has 6 heteroatoms. The average Bonchev–Trinajstić information content (AvgIpc) is 2.75. The number of aromatic nitrogens is 2. The smallest absolute Gasteiger partial charge is 0.257 e. The second-order valence-electron chi connectivity index (χ2n) is 6.53. The van der Waals surface area contributed by atoms with Gasteiger partial charge in [0.05, 0.1) is 16.8 Å². The summed E-state index contributed by atoms with van der Waals surface area (Å²) < 4.78 is 0. The fourth-order valence-corrected chi connectivity index (χ4v) is 2.97. The lowest BCUT2D eigenvalue weighted by molar-refractivity contribution is 0.101. The van der Waals surface area contributed by atoms with Crippen molar-refractivity contribution in [3.05, 3.63) is 90.3 Å². The molecule has 0 saturated heterocycles. The number of nitrogens with one attached hydrogen (secondary N) is 2. The monoisotopic (exact) mass is 382 g/mol. The van der Waals surface area contributed by atoms with Gasteiger partial charge in [0.25, 0.3) is 5.91 Å². The first-order valence-electron chi connectivity index (χ1n) is 9.09. The van der Waals surface area contributed by atoms with E-state index in [0.29, 0.717) is 22.6 Å². The van der Waals surface area contributed by atoms with Gasteiger partial charge < -0.3 is 10.6 Å². The van der Waals surface area contributed by atoms with E-state index in [9.17, 15) is 9.59 Å². The van der Waals surface area contributed by atoms with Crippen LogP contribution in [0.15, 0.2) is 79.1 Å². The van der Waals surface area contributed by atoms with Crippen LogP contribution in [0.4, 0.5) is 17.2 Å². The lowest BCUT2D eigenvalue weighted by Crippen LogP contribution is -2.12. The van der Waals surface area contributed by atoms with Crippen LogP contribution in [-0.2, 0) is 0 Å². The van der Waals surface area contributed by atoms with Crippen molar-refractivity contribution in [1.29, 1.82) is 0 Å². The number of benzene rings is 2. The van der Waals surface area contributed by atoms with Gasteiger partial charge in [0.15, 0.2) is 5.78 Å². The van der Waals surface area contributed by atoms with E-state index in [4.69, 9.17) is 0 Å². The summed E-state index contributed by atoms with van der Waals surface area (Å²) in [5, 5.41) is 6.98. The summed E-state index contributed by atoms with van der Waals surface area (Å²) in [7, 11) is 0. The minimum atomic E-state index is -0.263. The second-order valence-corrected chi connectivity index (χ2v) is 6.53. The standard InChI is InChI=1S/C23H18N4O2/c1-15(28)17-6-2-8-19(13-17)26-21-11-10-18(14-25-21)23(29)27-20-9-3-5-16-7-4-12-24-22(16)20/h2-14H,1H3,(H,25,26)(H,27,29). The Kier molecular flexibility index (Phi) is 4.99. The number of ketones is 1. The highest BCUT2D eigenvalue weighted by Crippen LogP contribution is 2.22. The molecule has 0 unspecified atom stereocenters. The average molecular weight is 382 g/mol. The molecule has 0 radical (unpaired) electrons. The van der Waals surface area contributed by atoms with Crippen LogP contribution in [0.2, 0.25) is 0 Å². The Morgan fingerprint density at radius 1 is 0.862 bits per heavy atom. The van der Waals surface area contributed by atoms with E-state index < -0.39 is 0 Å². The van der Waals surface area contributed by atoms with Crippen LogP contribution in [0.1, 0.15) is 27.6 Å². The number of fused-ring (bicyclic) bond motifs is 1. The first kappa shape index (κ1) is 18.3. The lowest BCUT2D eigenvalue weighted by atomic mass is 10.1. The number of rotatable bonds is 5. The molecule has 2 aromatic heterocycles. The SMILES string of the molecule is CC(=O)c1cccc(Nc2ccc(C(=O)Nc3cccc4cccnc34)cn2)c1. The topological polar surface area (TPSA) is 84.0 Å². The second kappa shape index (κ2) is 7.90. The molecule has 0 bridgehead atoms. The number of anilines is 3. The van der Waals surface area contributed by atoms with Gasteiger partial charge in [-0.1, -0.05) is 30.3 Å². The van der Waals surface area contributed by atoms with Crippen LogP contribution in [0.5, 0.6) is 0 Å². The van der Waals surface area contributed by atoms with Crippen molar-refractivity contribution in [1.82, 2.24) is 9.97 Å². The van der Waals surface area contributed by atoms with Crippen LogP contribution in [0, 0.1) is 0 Å². The fraction of sp³-hybridized carbons (Fsp3) is 0.0435. The number of amides is 1. The zero-order valence-corrected chi connectivity index (χ0v) is 15.7. The fourth-order valence-electron chi connectivity index (χ4n) is 2.97. The number of para-hydroxylation sites is 1. The first-order valence-corrected chi connectivity index (χ1v) is 9.09. The predicted molar refractivity (Wildman–Crippen MR) is 114 cm³/mol. The van der Waals surface area contributed by atoms with E-state index in [0.717, 1.165) is 16.6 Å². The van der Waals surface area contributed by atoms with Gasteiger partial charge in [0.1, 0.15) is 5.82 Å². The highest BCUT2D eigenvalue weighted by Gasteiger charge is 2.10. The molecule has 1 amide bonds. The van der Waals surface area contributed by atoms with Crippen LogP contribution in [0.3, 0.4) is 0 Å². The molecule has 0 atom stereocenters. The highest BCUT2D eigenvalue weighted by atomic mass is 16.1. The van der Waals surface area contributed by atoms with Gasteiger partial charge in [-0.25, -0.2) is 4.98 Å². The van der Waals surface area contributed by atoms with Gasteiger partial charge >= 0.3 is 0 Å². The van der Waals surface area contributed by atoms with Gasteiger partial charge in [-0.3, -0.25) is 14.6 Å².